The van der Waals surface area contributed by atoms with Gasteiger partial charge in [-0.2, -0.15) is 5.26 Å². The Morgan fingerprint density at radius 1 is 1.45 bits per heavy atom. The topological polar surface area (TPSA) is 62.1 Å². The fraction of sp³-hybridized carbons (Fsp3) is 0.529. The number of alkyl halides is 1. The molecule has 116 valence electrons. The highest BCUT2D eigenvalue weighted by atomic mass is 79.9. The SMILES string of the molecule is CC1(Br)CC1C(=O)NC1(c2cccc(C#N)c2)CCOCC1. The van der Waals surface area contributed by atoms with E-state index in [9.17, 15) is 4.79 Å². The van der Waals surface area contributed by atoms with Crippen molar-refractivity contribution in [3.8, 4) is 6.07 Å². The van der Waals surface area contributed by atoms with Crippen molar-refractivity contribution in [3.05, 3.63) is 35.4 Å². The van der Waals surface area contributed by atoms with Crippen molar-refractivity contribution < 1.29 is 9.53 Å². The predicted molar refractivity (Wildman–Crippen MR) is 86.5 cm³/mol. The van der Waals surface area contributed by atoms with Crippen LogP contribution in [0.5, 0.6) is 0 Å². The largest absolute Gasteiger partial charge is 0.381 e. The van der Waals surface area contributed by atoms with Crippen LogP contribution in [0.2, 0.25) is 0 Å². The molecule has 4 nitrogen and oxygen atoms in total. The van der Waals surface area contributed by atoms with Crippen molar-refractivity contribution in [1.29, 1.82) is 5.26 Å². The van der Waals surface area contributed by atoms with Gasteiger partial charge in [0, 0.05) is 17.5 Å². The molecular weight excluding hydrogens is 344 g/mol. The number of rotatable bonds is 3. The average molecular weight is 363 g/mol. The smallest absolute Gasteiger partial charge is 0.225 e. The van der Waals surface area contributed by atoms with E-state index in [0.29, 0.717) is 18.8 Å². The minimum Gasteiger partial charge on any atom is -0.381 e. The van der Waals surface area contributed by atoms with Gasteiger partial charge in [0.25, 0.3) is 0 Å². The van der Waals surface area contributed by atoms with E-state index in [2.05, 4.69) is 27.3 Å². The quantitative estimate of drug-likeness (QED) is 0.840. The Labute approximate surface area is 139 Å². The summed E-state index contributed by atoms with van der Waals surface area (Å²) in [6.07, 6.45) is 2.34. The van der Waals surface area contributed by atoms with Gasteiger partial charge in [-0.3, -0.25) is 4.79 Å². The van der Waals surface area contributed by atoms with Gasteiger partial charge in [0.1, 0.15) is 0 Å². The van der Waals surface area contributed by atoms with E-state index >= 15 is 0 Å². The molecule has 0 spiro atoms. The summed E-state index contributed by atoms with van der Waals surface area (Å²) in [5.41, 5.74) is 1.20. The van der Waals surface area contributed by atoms with E-state index in [-0.39, 0.29) is 16.1 Å². The predicted octanol–water partition coefficient (Wildman–Crippen LogP) is 2.85. The molecule has 0 radical (unpaired) electrons. The maximum Gasteiger partial charge on any atom is 0.225 e. The lowest BCUT2D eigenvalue weighted by Crippen LogP contribution is -2.50. The number of benzene rings is 1. The van der Waals surface area contributed by atoms with Crippen LogP contribution in [-0.4, -0.2) is 23.4 Å². The van der Waals surface area contributed by atoms with E-state index in [0.717, 1.165) is 24.8 Å². The molecule has 3 rings (SSSR count). The Bertz CT molecular complexity index is 630. The van der Waals surface area contributed by atoms with E-state index in [1.165, 1.54) is 0 Å². The summed E-state index contributed by atoms with van der Waals surface area (Å²) in [5, 5.41) is 12.4. The standard InChI is InChI=1S/C17H19BrN2O2/c1-16(18)10-14(16)15(21)20-17(5-7-22-8-6-17)13-4-2-3-12(9-13)11-19/h2-4,9,14H,5-8,10H2,1H3,(H,20,21). The van der Waals surface area contributed by atoms with Gasteiger partial charge in [-0.15, -0.1) is 0 Å². The molecule has 1 aromatic rings. The maximum atomic E-state index is 12.6. The number of nitrogens with one attached hydrogen (secondary N) is 1. The summed E-state index contributed by atoms with van der Waals surface area (Å²) in [6, 6.07) is 9.71. The third-order valence-electron chi connectivity index (χ3n) is 4.74. The zero-order valence-electron chi connectivity index (χ0n) is 12.6. The van der Waals surface area contributed by atoms with E-state index in [1.807, 2.05) is 25.1 Å². The maximum absolute atomic E-state index is 12.6. The van der Waals surface area contributed by atoms with Gasteiger partial charge >= 0.3 is 0 Å². The molecule has 2 atom stereocenters. The van der Waals surface area contributed by atoms with Gasteiger partial charge in [0.15, 0.2) is 0 Å². The minimum atomic E-state index is -0.423. The number of carbonyl (C=O) groups is 1. The first-order chi connectivity index (χ1) is 10.5. The van der Waals surface area contributed by atoms with Crippen molar-refractivity contribution >= 4 is 21.8 Å². The summed E-state index contributed by atoms with van der Waals surface area (Å²) in [7, 11) is 0. The normalized spacial score (nSPS) is 29.4. The fourth-order valence-electron chi connectivity index (χ4n) is 3.12. The molecule has 1 amide bonds. The van der Waals surface area contributed by atoms with Crippen LogP contribution in [-0.2, 0) is 15.1 Å². The Hall–Kier alpha value is -1.38. The summed E-state index contributed by atoms with van der Waals surface area (Å²) in [5.74, 6) is 0.106. The number of hydrogen-bond acceptors (Lipinski definition) is 3. The lowest BCUT2D eigenvalue weighted by atomic mass is 9.82. The summed E-state index contributed by atoms with van der Waals surface area (Å²) in [4.78, 5) is 12.6. The van der Waals surface area contributed by atoms with Crippen LogP contribution < -0.4 is 5.32 Å². The van der Waals surface area contributed by atoms with Crippen molar-refractivity contribution in [2.75, 3.05) is 13.2 Å². The van der Waals surface area contributed by atoms with Gasteiger partial charge in [0.2, 0.25) is 5.91 Å². The first-order valence-corrected chi connectivity index (χ1v) is 8.35. The van der Waals surface area contributed by atoms with Crippen LogP contribution >= 0.6 is 15.9 Å². The number of hydrogen-bond donors (Lipinski definition) is 1. The molecule has 2 fully saturated rings. The van der Waals surface area contributed by atoms with Gasteiger partial charge in [-0.25, -0.2) is 0 Å². The van der Waals surface area contributed by atoms with Gasteiger partial charge < -0.3 is 10.1 Å². The molecule has 1 saturated heterocycles. The first-order valence-electron chi connectivity index (χ1n) is 7.56. The molecule has 2 unspecified atom stereocenters. The molecule has 1 heterocycles. The molecule has 0 aromatic heterocycles. The number of amides is 1. The number of nitriles is 1. The van der Waals surface area contributed by atoms with Crippen LogP contribution in [0.3, 0.4) is 0 Å². The van der Waals surface area contributed by atoms with Crippen molar-refractivity contribution in [2.24, 2.45) is 5.92 Å². The second kappa shape index (κ2) is 5.68. The van der Waals surface area contributed by atoms with Crippen molar-refractivity contribution in [1.82, 2.24) is 5.32 Å². The Morgan fingerprint density at radius 3 is 2.73 bits per heavy atom. The second-order valence-electron chi connectivity index (χ2n) is 6.41. The number of carbonyl (C=O) groups excluding carboxylic acids is 1. The van der Waals surface area contributed by atoms with Crippen LogP contribution in [0.15, 0.2) is 24.3 Å². The molecule has 22 heavy (non-hydrogen) atoms. The Balaban J connectivity index is 1.88. The molecule has 5 heteroatoms. The molecule has 2 aliphatic rings. The third kappa shape index (κ3) is 2.90. The van der Waals surface area contributed by atoms with Crippen LogP contribution in [0.25, 0.3) is 0 Å². The summed E-state index contributed by atoms with van der Waals surface area (Å²) in [6.45, 7) is 3.28. The van der Waals surface area contributed by atoms with E-state index in [4.69, 9.17) is 10.00 Å². The minimum absolute atomic E-state index is 0.0198. The molecule has 1 aliphatic heterocycles. The van der Waals surface area contributed by atoms with Crippen LogP contribution in [0, 0.1) is 17.2 Å². The third-order valence-corrected chi connectivity index (χ3v) is 5.62. The zero-order chi connectivity index (χ0) is 15.8. The number of ether oxygens (including phenoxy) is 1. The van der Waals surface area contributed by atoms with Crippen molar-refractivity contribution in [2.45, 2.75) is 36.0 Å². The molecule has 1 N–H and O–H groups in total. The molecule has 0 bridgehead atoms. The first kappa shape index (κ1) is 15.5. The van der Waals surface area contributed by atoms with Crippen LogP contribution in [0.4, 0.5) is 0 Å². The van der Waals surface area contributed by atoms with Crippen molar-refractivity contribution in [3.63, 3.8) is 0 Å². The van der Waals surface area contributed by atoms with Gasteiger partial charge in [0.05, 0.1) is 23.1 Å². The zero-order valence-corrected chi connectivity index (χ0v) is 14.1. The number of halogens is 1. The van der Waals surface area contributed by atoms with Crippen LogP contribution in [0.1, 0.15) is 37.3 Å². The lowest BCUT2D eigenvalue weighted by molar-refractivity contribution is -0.125. The molecule has 1 aliphatic carbocycles. The van der Waals surface area contributed by atoms with E-state index < -0.39 is 5.54 Å². The molecular formula is C17H19BrN2O2. The monoisotopic (exact) mass is 362 g/mol. The summed E-state index contributed by atoms with van der Waals surface area (Å²) >= 11 is 3.59. The molecule has 1 aromatic carbocycles. The molecule has 1 saturated carbocycles. The fourth-order valence-corrected chi connectivity index (χ4v) is 3.65. The van der Waals surface area contributed by atoms with E-state index in [1.54, 1.807) is 6.07 Å². The Kier molecular flexibility index (Phi) is 4.00. The average Bonchev–Trinajstić information content (AvgIpc) is 3.17. The number of nitrogens with zero attached hydrogens (tertiary/aromatic N) is 1. The lowest BCUT2D eigenvalue weighted by Gasteiger charge is -2.39. The Morgan fingerprint density at radius 2 is 2.14 bits per heavy atom. The van der Waals surface area contributed by atoms with Gasteiger partial charge in [-0.1, -0.05) is 28.1 Å². The highest BCUT2D eigenvalue weighted by molar-refractivity contribution is 9.10. The highest BCUT2D eigenvalue weighted by Gasteiger charge is 2.54. The second-order valence-corrected chi connectivity index (χ2v) is 8.22. The highest BCUT2D eigenvalue weighted by Crippen LogP contribution is 2.51. The van der Waals surface area contributed by atoms with Gasteiger partial charge in [-0.05, 0) is 43.9 Å². The summed E-state index contributed by atoms with van der Waals surface area (Å²) < 4.78 is 5.40.